The maximum Gasteiger partial charge on any atom is 0.419 e. The van der Waals surface area contributed by atoms with Crippen LogP contribution in [0, 0.1) is 10.1 Å². The molecule has 0 fully saturated rings. The third-order valence-electron chi connectivity index (χ3n) is 5.38. The molecule has 1 aliphatic heterocycles. The molecule has 0 saturated heterocycles. The molecule has 0 saturated carbocycles. The number of nitrogens with zero attached hydrogens (tertiary/aromatic N) is 3. The number of non-ortho nitro benzene ring substituents is 1. The number of ether oxygens (including phenoxy) is 2. The summed E-state index contributed by atoms with van der Waals surface area (Å²) in [7, 11) is 0. The van der Waals surface area contributed by atoms with Gasteiger partial charge in [0.05, 0.1) is 16.5 Å². The molecule has 0 unspecified atom stereocenters. The van der Waals surface area contributed by atoms with Gasteiger partial charge in [-0.2, -0.15) is 0 Å². The second-order valence-corrected chi connectivity index (χ2v) is 7.38. The van der Waals surface area contributed by atoms with Crippen molar-refractivity contribution >= 4 is 22.7 Å². The van der Waals surface area contributed by atoms with Crippen LogP contribution in [0.15, 0.2) is 45.6 Å². The lowest BCUT2D eigenvalue weighted by Gasteiger charge is -2.25. The summed E-state index contributed by atoms with van der Waals surface area (Å²) in [5.74, 6) is 0.714. The highest BCUT2D eigenvalue weighted by atomic mass is 16.6. The van der Waals surface area contributed by atoms with Crippen LogP contribution in [0.3, 0.4) is 0 Å². The fourth-order valence-electron chi connectivity index (χ4n) is 3.77. The molecular weight excluding hydrogens is 418 g/mol. The SMILES string of the molecule is CCN(Cc1cccc2c1OCCO2)C(=O)CCCn1c(=O)oc2cc([N+](=O)[O-])ccc21. The van der Waals surface area contributed by atoms with E-state index in [-0.39, 0.29) is 30.1 Å². The number of hydrogen-bond acceptors (Lipinski definition) is 7. The van der Waals surface area contributed by atoms with Crippen molar-refractivity contribution in [3.05, 3.63) is 62.6 Å². The van der Waals surface area contributed by atoms with Gasteiger partial charge in [-0.15, -0.1) is 0 Å². The molecule has 0 aliphatic carbocycles. The smallest absolute Gasteiger partial charge is 0.419 e. The Bertz CT molecular complexity index is 1210. The fraction of sp³-hybridized carbons (Fsp3) is 0.364. The minimum Gasteiger partial charge on any atom is -0.486 e. The Morgan fingerprint density at radius 2 is 2.03 bits per heavy atom. The zero-order valence-electron chi connectivity index (χ0n) is 17.6. The number of carbonyl (C=O) groups is 1. The molecule has 10 heteroatoms. The number of nitro groups is 1. The Kier molecular flexibility index (Phi) is 6.11. The summed E-state index contributed by atoms with van der Waals surface area (Å²) >= 11 is 0. The van der Waals surface area contributed by atoms with E-state index in [9.17, 15) is 19.7 Å². The lowest BCUT2D eigenvalue weighted by Crippen LogP contribution is -2.31. The molecule has 4 rings (SSSR count). The summed E-state index contributed by atoms with van der Waals surface area (Å²) in [6.45, 7) is 4.08. The summed E-state index contributed by atoms with van der Waals surface area (Å²) in [6.07, 6.45) is 0.666. The molecule has 0 atom stereocenters. The van der Waals surface area contributed by atoms with Crippen molar-refractivity contribution in [2.75, 3.05) is 19.8 Å². The van der Waals surface area contributed by atoms with Crippen LogP contribution in [-0.2, 0) is 17.9 Å². The van der Waals surface area contributed by atoms with Gasteiger partial charge in [-0.1, -0.05) is 12.1 Å². The largest absolute Gasteiger partial charge is 0.486 e. The first-order chi connectivity index (χ1) is 15.5. The van der Waals surface area contributed by atoms with Gasteiger partial charge < -0.3 is 18.8 Å². The van der Waals surface area contributed by atoms with Gasteiger partial charge in [-0.25, -0.2) is 4.79 Å². The molecule has 2 heterocycles. The van der Waals surface area contributed by atoms with Crippen LogP contribution in [0.1, 0.15) is 25.3 Å². The lowest BCUT2D eigenvalue weighted by atomic mass is 10.1. The molecule has 0 radical (unpaired) electrons. The highest BCUT2D eigenvalue weighted by Gasteiger charge is 2.20. The first-order valence-corrected chi connectivity index (χ1v) is 10.4. The molecule has 1 aliphatic rings. The van der Waals surface area contributed by atoms with Gasteiger partial charge in [0.15, 0.2) is 17.1 Å². The number of hydrogen-bond donors (Lipinski definition) is 0. The van der Waals surface area contributed by atoms with Crippen LogP contribution in [0.5, 0.6) is 11.5 Å². The van der Waals surface area contributed by atoms with E-state index in [4.69, 9.17) is 13.9 Å². The monoisotopic (exact) mass is 441 g/mol. The van der Waals surface area contributed by atoms with Gasteiger partial charge in [0.25, 0.3) is 5.69 Å². The van der Waals surface area contributed by atoms with E-state index in [2.05, 4.69) is 0 Å². The molecule has 32 heavy (non-hydrogen) atoms. The standard InChI is InChI=1S/C22H23N3O7/c1-2-23(14-15-5-3-6-18-21(15)31-12-11-30-18)20(26)7-4-10-24-17-9-8-16(25(28)29)13-19(17)32-22(24)27/h3,5-6,8-9,13H,2,4,7,10-12,14H2,1H3. The number of oxazole rings is 1. The molecule has 168 valence electrons. The second-order valence-electron chi connectivity index (χ2n) is 7.38. The molecule has 2 aromatic carbocycles. The number of amides is 1. The zero-order valence-corrected chi connectivity index (χ0v) is 17.6. The molecule has 0 spiro atoms. The number of aromatic nitrogens is 1. The van der Waals surface area contributed by atoms with E-state index >= 15 is 0 Å². The van der Waals surface area contributed by atoms with Crippen LogP contribution in [0.2, 0.25) is 0 Å². The summed E-state index contributed by atoms with van der Waals surface area (Å²) in [5, 5.41) is 10.9. The van der Waals surface area contributed by atoms with Crippen molar-refractivity contribution < 1.29 is 23.6 Å². The van der Waals surface area contributed by atoms with Gasteiger partial charge in [-0.05, 0) is 25.5 Å². The first-order valence-electron chi connectivity index (χ1n) is 10.4. The van der Waals surface area contributed by atoms with Gasteiger partial charge >= 0.3 is 5.76 Å². The normalized spacial score (nSPS) is 12.7. The van der Waals surface area contributed by atoms with Crippen LogP contribution < -0.4 is 15.2 Å². The van der Waals surface area contributed by atoms with E-state index in [0.29, 0.717) is 49.7 Å². The molecular formula is C22H23N3O7. The number of fused-ring (bicyclic) bond motifs is 2. The number of rotatable bonds is 8. The Morgan fingerprint density at radius 3 is 2.81 bits per heavy atom. The van der Waals surface area contributed by atoms with E-state index in [0.717, 1.165) is 5.56 Å². The predicted molar refractivity (Wildman–Crippen MR) is 115 cm³/mol. The fourth-order valence-corrected chi connectivity index (χ4v) is 3.77. The molecule has 3 aromatic rings. The minimum absolute atomic E-state index is 0.0432. The molecule has 1 amide bonds. The molecule has 10 nitrogen and oxygen atoms in total. The zero-order chi connectivity index (χ0) is 22.7. The van der Waals surface area contributed by atoms with Gasteiger partial charge in [0.1, 0.15) is 13.2 Å². The molecule has 1 aromatic heterocycles. The average molecular weight is 441 g/mol. The topological polar surface area (TPSA) is 117 Å². The Balaban J connectivity index is 1.41. The minimum atomic E-state index is -0.603. The predicted octanol–water partition coefficient (Wildman–Crippen LogP) is 3.10. The van der Waals surface area contributed by atoms with Gasteiger partial charge in [0, 0.05) is 37.7 Å². The highest BCUT2D eigenvalue weighted by Crippen LogP contribution is 2.34. The van der Waals surface area contributed by atoms with Crippen LogP contribution >= 0.6 is 0 Å². The summed E-state index contributed by atoms with van der Waals surface area (Å²) in [6, 6.07) is 9.67. The highest BCUT2D eigenvalue weighted by molar-refractivity contribution is 5.77. The van der Waals surface area contributed by atoms with Crippen molar-refractivity contribution in [2.24, 2.45) is 0 Å². The Labute approximate surface area is 183 Å². The van der Waals surface area contributed by atoms with E-state index < -0.39 is 10.7 Å². The molecule has 0 bridgehead atoms. The Morgan fingerprint density at radius 1 is 1.22 bits per heavy atom. The van der Waals surface area contributed by atoms with Crippen LogP contribution in [-0.4, -0.2) is 40.1 Å². The maximum atomic E-state index is 12.8. The summed E-state index contributed by atoms with van der Waals surface area (Å²) in [5.41, 5.74) is 1.36. The van der Waals surface area contributed by atoms with Crippen molar-refractivity contribution in [2.45, 2.75) is 32.9 Å². The van der Waals surface area contributed by atoms with Gasteiger partial charge in [-0.3, -0.25) is 19.5 Å². The number of aryl methyl sites for hydroxylation is 1. The third kappa shape index (κ3) is 4.29. The van der Waals surface area contributed by atoms with E-state index in [1.807, 2.05) is 25.1 Å². The molecule has 0 N–H and O–H groups in total. The van der Waals surface area contributed by atoms with Crippen molar-refractivity contribution in [3.8, 4) is 11.5 Å². The summed E-state index contributed by atoms with van der Waals surface area (Å²) < 4.78 is 17.9. The van der Waals surface area contributed by atoms with E-state index in [1.165, 1.54) is 22.8 Å². The summed E-state index contributed by atoms with van der Waals surface area (Å²) in [4.78, 5) is 37.1. The number of benzene rings is 2. The average Bonchev–Trinajstić information content (AvgIpc) is 3.11. The van der Waals surface area contributed by atoms with Crippen molar-refractivity contribution in [3.63, 3.8) is 0 Å². The van der Waals surface area contributed by atoms with Gasteiger partial charge in [0.2, 0.25) is 5.91 Å². The van der Waals surface area contributed by atoms with Crippen LogP contribution in [0.4, 0.5) is 5.69 Å². The first kappa shape index (κ1) is 21.4. The Hall–Kier alpha value is -3.82. The van der Waals surface area contributed by atoms with Crippen molar-refractivity contribution in [1.82, 2.24) is 9.47 Å². The van der Waals surface area contributed by atoms with Crippen LogP contribution in [0.25, 0.3) is 11.1 Å². The van der Waals surface area contributed by atoms with E-state index in [1.54, 1.807) is 4.90 Å². The second kappa shape index (κ2) is 9.13. The maximum absolute atomic E-state index is 12.8. The quantitative estimate of drug-likeness (QED) is 0.389. The lowest BCUT2D eigenvalue weighted by molar-refractivity contribution is -0.384. The third-order valence-corrected chi connectivity index (χ3v) is 5.38. The number of nitro benzene ring substituents is 1. The number of carbonyl (C=O) groups excluding carboxylic acids is 1. The van der Waals surface area contributed by atoms with Crippen molar-refractivity contribution in [1.29, 1.82) is 0 Å². The number of para-hydroxylation sites is 1.